The van der Waals surface area contributed by atoms with Crippen LogP contribution in [0.25, 0.3) is 0 Å². The first kappa shape index (κ1) is 12.7. The first-order valence-electron chi connectivity index (χ1n) is 5.58. The molecule has 0 aromatic heterocycles. The maximum atomic E-state index is 10.4. The first-order valence-corrected chi connectivity index (χ1v) is 5.58. The van der Waals surface area contributed by atoms with Gasteiger partial charge in [-0.2, -0.15) is 9.98 Å². The average Bonchev–Trinajstić information content (AvgIpc) is 2.43. The summed E-state index contributed by atoms with van der Waals surface area (Å²) in [5, 5.41) is 0. The molecule has 0 amide bonds. The third kappa shape index (κ3) is 3.13. The number of isocyanates is 2. The quantitative estimate of drug-likeness (QED) is 0.611. The minimum absolute atomic E-state index is 0.246. The number of nitrogens with zero attached hydrogens (tertiary/aromatic N) is 2. The number of hydrogen-bond donors (Lipinski definition) is 0. The van der Waals surface area contributed by atoms with Crippen molar-refractivity contribution in [3.63, 3.8) is 0 Å². The molecule has 0 atom stereocenters. The van der Waals surface area contributed by atoms with E-state index in [1.54, 1.807) is 12.2 Å². The fraction of sp³-hybridized carbons (Fsp3) is 0.143. The van der Waals surface area contributed by atoms with Gasteiger partial charge in [0.1, 0.15) is 11.5 Å². The maximum absolute atomic E-state index is 10.4. The smallest absolute Gasteiger partial charge is 0.237 e. The highest BCUT2D eigenvalue weighted by Gasteiger charge is 2.27. The maximum Gasteiger partial charge on any atom is 0.237 e. The van der Waals surface area contributed by atoms with E-state index in [0.29, 0.717) is 11.5 Å². The van der Waals surface area contributed by atoms with Crippen molar-refractivity contribution in [1.82, 2.24) is 0 Å². The summed E-state index contributed by atoms with van der Waals surface area (Å²) < 4.78 is 5.60. The van der Waals surface area contributed by atoms with Gasteiger partial charge in [0.2, 0.25) is 12.2 Å². The highest BCUT2D eigenvalue weighted by Crippen LogP contribution is 2.27. The van der Waals surface area contributed by atoms with Crippen LogP contribution in [-0.4, -0.2) is 17.8 Å². The summed E-state index contributed by atoms with van der Waals surface area (Å²) in [5.41, 5.74) is -1.23. The predicted octanol–water partition coefficient (Wildman–Crippen LogP) is 2.28. The molecule has 0 bridgehead atoms. The molecule has 5 nitrogen and oxygen atoms in total. The van der Waals surface area contributed by atoms with Gasteiger partial charge in [0.15, 0.2) is 5.66 Å². The number of hydrogen-bond acceptors (Lipinski definition) is 5. The lowest BCUT2D eigenvalue weighted by molar-refractivity contribution is 0.425. The summed E-state index contributed by atoms with van der Waals surface area (Å²) in [6.45, 7) is 0. The van der Waals surface area contributed by atoms with Crippen molar-refractivity contribution < 1.29 is 14.3 Å². The van der Waals surface area contributed by atoms with E-state index in [1.807, 2.05) is 30.3 Å². The van der Waals surface area contributed by atoms with Gasteiger partial charge in [-0.25, -0.2) is 9.59 Å². The summed E-state index contributed by atoms with van der Waals surface area (Å²) in [6.07, 6.45) is 7.89. The number of allylic oxidation sites excluding steroid dienone is 1. The number of para-hydroxylation sites is 1. The van der Waals surface area contributed by atoms with Crippen molar-refractivity contribution in [2.24, 2.45) is 9.98 Å². The van der Waals surface area contributed by atoms with Crippen LogP contribution in [0.5, 0.6) is 5.75 Å². The van der Waals surface area contributed by atoms with E-state index in [2.05, 4.69) is 9.98 Å². The monoisotopic (exact) mass is 254 g/mol. The second-order valence-corrected chi connectivity index (χ2v) is 3.84. The van der Waals surface area contributed by atoms with Crippen LogP contribution in [0.3, 0.4) is 0 Å². The van der Waals surface area contributed by atoms with E-state index in [-0.39, 0.29) is 6.42 Å². The Labute approximate surface area is 109 Å². The molecule has 1 aromatic carbocycles. The van der Waals surface area contributed by atoms with Crippen LogP contribution in [0.2, 0.25) is 0 Å². The minimum atomic E-state index is -1.23. The normalized spacial score (nSPS) is 20.7. The van der Waals surface area contributed by atoms with Crippen molar-refractivity contribution in [2.45, 2.75) is 12.1 Å². The molecule has 0 saturated carbocycles. The number of benzene rings is 1. The lowest BCUT2D eigenvalue weighted by atomic mass is 10.0. The van der Waals surface area contributed by atoms with Gasteiger partial charge in [0, 0.05) is 6.42 Å². The molecular weight excluding hydrogens is 244 g/mol. The van der Waals surface area contributed by atoms with E-state index in [1.165, 1.54) is 18.2 Å². The van der Waals surface area contributed by atoms with E-state index in [9.17, 15) is 9.59 Å². The van der Waals surface area contributed by atoms with E-state index in [0.717, 1.165) is 0 Å². The standard InChI is InChI=1S/C14H10N2O3/c17-10-15-14(16-11-18)8-6-13(7-9-14)19-12-4-2-1-3-5-12/h1-8H,9H2. The van der Waals surface area contributed by atoms with E-state index in [4.69, 9.17) is 4.74 Å². The van der Waals surface area contributed by atoms with Crippen LogP contribution >= 0.6 is 0 Å². The fourth-order valence-corrected chi connectivity index (χ4v) is 1.65. The lowest BCUT2D eigenvalue weighted by Gasteiger charge is -2.20. The van der Waals surface area contributed by atoms with Crippen LogP contribution in [0.1, 0.15) is 6.42 Å². The molecule has 0 spiro atoms. The van der Waals surface area contributed by atoms with Crippen molar-refractivity contribution in [3.05, 3.63) is 54.3 Å². The molecule has 94 valence electrons. The Morgan fingerprint density at radius 2 is 1.79 bits per heavy atom. The summed E-state index contributed by atoms with van der Waals surface area (Å²) in [6, 6.07) is 9.26. The van der Waals surface area contributed by atoms with Crippen molar-refractivity contribution in [1.29, 1.82) is 0 Å². The van der Waals surface area contributed by atoms with Crippen LogP contribution in [0, 0.1) is 0 Å². The Morgan fingerprint density at radius 3 is 2.32 bits per heavy atom. The minimum Gasteiger partial charge on any atom is -0.458 e. The lowest BCUT2D eigenvalue weighted by Crippen LogP contribution is -2.22. The molecule has 2 rings (SSSR count). The Bertz CT molecular complexity index is 589. The zero-order valence-electron chi connectivity index (χ0n) is 9.95. The van der Waals surface area contributed by atoms with Gasteiger partial charge in [-0.1, -0.05) is 18.2 Å². The van der Waals surface area contributed by atoms with Crippen molar-refractivity contribution in [2.75, 3.05) is 0 Å². The van der Waals surface area contributed by atoms with Crippen molar-refractivity contribution in [3.8, 4) is 5.75 Å². The molecule has 0 N–H and O–H groups in total. The summed E-state index contributed by atoms with van der Waals surface area (Å²) in [7, 11) is 0. The number of ether oxygens (including phenoxy) is 1. The van der Waals surface area contributed by atoms with Crippen LogP contribution in [0.4, 0.5) is 0 Å². The summed E-state index contributed by atoms with van der Waals surface area (Å²) >= 11 is 0. The molecule has 1 aliphatic rings. The predicted molar refractivity (Wildman–Crippen MR) is 67.9 cm³/mol. The zero-order chi connectivity index (χ0) is 13.6. The number of rotatable bonds is 4. The van der Waals surface area contributed by atoms with Crippen LogP contribution in [-0.2, 0) is 9.59 Å². The fourth-order valence-electron chi connectivity index (χ4n) is 1.65. The SMILES string of the molecule is O=C=NC1(N=C=O)C=CC(Oc2ccccc2)=CC1. The molecule has 0 radical (unpaired) electrons. The van der Waals surface area contributed by atoms with Gasteiger partial charge in [-0.15, -0.1) is 0 Å². The Morgan fingerprint density at radius 1 is 1.11 bits per heavy atom. The molecule has 0 unspecified atom stereocenters. The van der Waals surface area contributed by atoms with Crippen LogP contribution < -0.4 is 4.74 Å². The van der Waals surface area contributed by atoms with E-state index >= 15 is 0 Å². The second-order valence-electron chi connectivity index (χ2n) is 3.84. The van der Waals surface area contributed by atoms with Gasteiger partial charge in [-0.3, -0.25) is 0 Å². The van der Waals surface area contributed by atoms with Gasteiger partial charge < -0.3 is 4.74 Å². The van der Waals surface area contributed by atoms with Gasteiger partial charge in [0.25, 0.3) is 0 Å². The molecule has 19 heavy (non-hydrogen) atoms. The summed E-state index contributed by atoms with van der Waals surface area (Å²) in [5.74, 6) is 1.30. The number of aliphatic imine (C=N–C) groups is 2. The average molecular weight is 254 g/mol. The second kappa shape index (κ2) is 5.74. The topological polar surface area (TPSA) is 68.1 Å². The Kier molecular flexibility index (Phi) is 3.84. The van der Waals surface area contributed by atoms with Gasteiger partial charge in [-0.05, 0) is 30.4 Å². The molecule has 1 aliphatic carbocycles. The Balaban J connectivity index is 2.14. The Hall–Kier alpha value is -2.74. The van der Waals surface area contributed by atoms with Gasteiger partial charge in [0.05, 0.1) is 0 Å². The largest absolute Gasteiger partial charge is 0.458 e. The first-order chi connectivity index (χ1) is 9.28. The zero-order valence-corrected chi connectivity index (χ0v) is 9.95. The van der Waals surface area contributed by atoms with Crippen LogP contribution in [0.15, 0.2) is 64.3 Å². The third-order valence-electron chi connectivity index (χ3n) is 2.58. The highest BCUT2D eigenvalue weighted by molar-refractivity contribution is 5.43. The molecule has 0 heterocycles. The van der Waals surface area contributed by atoms with E-state index < -0.39 is 5.66 Å². The number of carbonyl (C=O) groups excluding carboxylic acids is 2. The molecule has 0 saturated heterocycles. The molecule has 1 aromatic rings. The van der Waals surface area contributed by atoms with Gasteiger partial charge >= 0.3 is 0 Å². The molecular formula is C14H10N2O3. The molecule has 0 fully saturated rings. The van der Waals surface area contributed by atoms with Crippen molar-refractivity contribution >= 4 is 12.2 Å². The molecule has 5 heteroatoms. The summed E-state index contributed by atoms with van der Waals surface area (Å²) in [4.78, 5) is 27.8. The third-order valence-corrected chi connectivity index (χ3v) is 2.58. The molecule has 0 aliphatic heterocycles. The highest BCUT2D eigenvalue weighted by atomic mass is 16.5.